The average Bonchev–Trinajstić information content (AvgIpc) is 2.74. The van der Waals surface area contributed by atoms with Gasteiger partial charge in [-0.3, -0.25) is 0 Å². The van der Waals surface area contributed by atoms with Gasteiger partial charge in [-0.1, -0.05) is 60.7 Å². The number of fused-ring (bicyclic) bond motifs is 3. The minimum atomic E-state index is -0.277. The third-order valence-electron chi connectivity index (χ3n) is 5.83. The molecule has 0 nitrogen and oxygen atoms in total. The Morgan fingerprint density at radius 3 is 1.64 bits per heavy atom. The molecular weight excluding hydrogens is 350 g/mol. The fourth-order valence-corrected chi connectivity index (χ4v) is 4.63. The lowest BCUT2D eigenvalue weighted by molar-refractivity contribution is 0.628. The van der Waals surface area contributed by atoms with E-state index in [-0.39, 0.29) is 11.6 Å². The predicted octanol–water partition coefficient (Wildman–Crippen LogP) is 7.33. The quantitative estimate of drug-likeness (QED) is 0.346. The summed E-state index contributed by atoms with van der Waals surface area (Å²) in [5, 5.41) is 2.15. The van der Waals surface area contributed by atoms with Gasteiger partial charge in [0, 0.05) is 16.7 Å². The van der Waals surface area contributed by atoms with E-state index in [1.54, 1.807) is 18.2 Å². The minimum Gasteiger partial charge on any atom is -0.206 e. The second kappa shape index (κ2) is 6.87. The Bertz CT molecular complexity index is 1190. The second-order valence-electron chi connectivity index (χ2n) is 7.42. The van der Waals surface area contributed by atoms with E-state index in [0.29, 0.717) is 11.1 Å². The van der Waals surface area contributed by atoms with Gasteiger partial charge in [0.25, 0.3) is 0 Å². The number of hydrogen-bond acceptors (Lipinski definition) is 0. The van der Waals surface area contributed by atoms with Crippen molar-refractivity contribution in [1.29, 1.82) is 0 Å². The van der Waals surface area contributed by atoms with Gasteiger partial charge in [0.05, 0.1) is 0 Å². The molecule has 1 aliphatic rings. The van der Waals surface area contributed by atoms with Crippen molar-refractivity contribution in [2.45, 2.75) is 25.7 Å². The number of halogens is 2. The standard InChI is InChI=1S/C26H20F2/c27-23-15-7-5-13-21(23)25-19-11-3-1-9-17(19)18-10-2-4-12-20(18)26(25)22-14-6-8-16-24(22)28/h1,3,5-9,11,13-16H,2,4,10,12H2. The molecule has 1 aliphatic carbocycles. The van der Waals surface area contributed by atoms with Gasteiger partial charge in [-0.15, -0.1) is 0 Å². The highest BCUT2D eigenvalue weighted by Crippen LogP contribution is 2.46. The molecule has 2 heteroatoms. The van der Waals surface area contributed by atoms with Crippen molar-refractivity contribution in [2.24, 2.45) is 0 Å². The van der Waals surface area contributed by atoms with Gasteiger partial charge in [0.15, 0.2) is 0 Å². The maximum Gasteiger partial charge on any atom is 0.131 e. The van der Waals surface area contributed by atoms with Gasteiger partial charge < -0.3 is 0 Å². The van der Waals surface area contributed by atoms with Crippen LogP contribution in [0.1, 0.15) is 24.0 Å². The van der Waals surface area contributed by atoms with Crippen molar-refractivity contribution in [3.8, 4) is 22.3 Å². The summed E-state index contributed by atoms with van der Waals surface area (Å²) in [5.74, 6) is -0.538. The number of rotatable bonds is 2. The number of aryl methyl sites for hydroxylation is 1. The molecular formula is C26H20F2. The zero-order chi connectivity index (χ0) is 19.1. The largest absolute Gasteiger partial charge is 0.206 e. The lowest BCUT2D eigenvalue weighted by atomic mass is 9.78. The molecule has 0 heterocycles. The van der Waals surface area contributed by atoms with Gasteiger partial charge >= 0.3 is 0 Å². The predicted molar refractivity (Wildman–Crippen MR) is 111 cm³/mol. The zero-order valence-corrected chi connectivity index (χ0v) is 15.5. The lowest BCUT2D eigenvalue weighted by Gasteiger charge is -2.26. The molecule has 0 fully saturated rings. The highest BCUT2D eigenvalue weighted by molar-refractivity contribution is 6.07. The van der Waals surface area contributed by atoms with E-state index >= 15 is 0 Å². The van der Waals surface area contributed by atoms with Gasteiger partial charge in [0.2, 0.25) is 0 Å². The maximum absolute atomic E-state index is 14.9. The summed E-state index contributed by atoms with van der Waals surface area (Å²) in [4.78, 5) is 0. The number of hydrogen-bond donors (Lipinski definition) is 0. The molecule has 0 atom stereocenters. The molecule has 0 amide bonds. The van der Waals surface area contributed by atoms with E-state index in [0.717, 1.165) is 47.6 Å². The van der Waals surface area contributed by atoms with Crippen LogP contribution in [0.15, 0.2) is 72.8 Å². The topological polar surface area (TPSA) is 0 Å². The molecule has 0 unspecified atom stereocenters. The Balaban J connectivity index is 2.01. The van der Waals surface area contributed by atoms with Crippen molar-refractivity contribution in [3.05, 3.63) is 95.6 Å². The summed E-state index contributed by atoms with van der Waals surface area (Å²) < 4.78 is 29.9. The molecule has 4 aromatic carbocycles. The van der Waals surface area contributed by atoms with Crippen LogP contribution in [0.2, 0.25) is 0 Å². The minimum absolute atomic E-state index is 0.261. The van der Waals surface area contributed by atoms with Crippen LogP contribution in [0.4, 0.5) is 8.78 Å². The lowest BCUT2D eigenvalue weighted by Crippen LogP contribution is -2.08. The van der Waals surface area contributed by atoms with Crippen LogP contribution in [-0.4, -0.2) is 0 Å². The summed E-state index contributed by atoms with van der Waals surface area (Å²) >= 11 is 0. The summed E-state index contributed by atoms with van der Waals surface area (Å²) in [5.41, 5.74) is 5.22. The van der Waals surface area contributed by atoms with Crippen LogP contribution in [0, 0.1) is 11.6 Å². The fraction of sp³-hybridized carbons (Fsp3) is 0.154. The molecule has 0 spiro atoms. The first kappa shape index (κ1) is 17.1. The van der Waals surface area contributed by atoms with Crippen molar-refractivity contribution in [3.63, 3.8) is 0 Å². The molecule has 0 saturated heterocycles. The molecule has 0 N–H and O–H groups in total. The summed E-state index contributed by atoms with van der Waals surface area (Å²) in [7, 11) is 0. The summed E-state index contributed by atoms with van der Waals surface area (Å²) in [6, 6.07) is 21.9. The van der Waals surface area contributed by atoms with E-state index in [4.69, 9.17) is 0 Å². The normalized spacial score (nSPS) is 13.5. The van der Waals surface area contributed by atoms with Crippen LogP contribution in [0.3, 0.4) is 0 Å². The molecule has 0 aliphatic heterocycles. The molecule has 0 aromatic heterocycles. The smallest absolute Gasteiger partial charge is 0.131 e. The SMILES string of the molecule is Fc1ccccc1-c1c2c(c3ccccc3c1-c1ccccc1F)CCCC2. The van der Waals surface area contributed by atoms with Crippen molar-refractivity contribution < 1.29 is 8.78 Å². The van der Waals surface area contributed by atoms with Crippen LogP contribution < -0.4 is 0 Å². The maximum atomic E-state index is 14.9. The van der Waals surface area contributed by atoms with E-state index in [1.165, 1.54) is 23.3 Å². The Kier molecular flexibility index (Phi) is 4.20. The third kappa shape index (κ3) is 2.63. The molecule has 0 saturated carbocycles. The summed E-state index contributed by atoms with van der Waals surface area (Å²) in [6.45, 7) is 0. The molecule has 0 bridgehead atoms. The number of benzene rings is 4. The van der Waals surface area contributed by atoms with Crippen molar-refractivity contribution in [1.82, 2.24) is 0 Å². The Morgan fingerprint density at radius 2 is 1.00 bits per heavy atom. The van der Waals surface area contributed by atoms with E-state index in [9.17, 15) is 8.78 Å². The van der Waals surface area contributed by atoms with E-state index in [2.05, 4.69) is 6.07 Å². The monoisotopic (exact) mass is 370 g/mol. The fourth-order valence-electron chi connectivity index (χ4n) is 4.63. The van der Waals surface area contributed by atoms with Crippen LogP contribution >= 0.6 is 0 Å². The Hall–Kier alpha value is -3.00. The zero-order valence-electron chi connectivity index (χ0n) is 15.5. The van der Waals surface area contributed by atoms with Crippen LogP contribution in [0.25, 0.3) is 33.0 Å². The highest BCUT2D eigenvalue weighted by Gasteiger charge is 2.25. The van der Waals surface area contributed by atoms with Crippen LogP contribution in [0.5, 0.6) is 0 Å². The first-order valence-electron chi connectivity index (χ1n) is 9.82. The second-order valence-corrected chi connectivity index (χ2v) is 7.42. The Labute approximate surface area is 163 Å². The van der Waals surface area contributed by atoms with Gasteiger partial charge in [0.1, 0.15) is 11.6 Å². The van der Waals surface area contributed by atoms with Crippen molar-refractivity contribution in [2.75, 3.05) is 0 Å². The van der Waals surface area contributed by atoms with Crippen LogP contribution in [-0.2, 0) is 12.8 Å². The molecule has 4 aromatic rings. The molecule has 5 rings (SSSR count). The Morgan fingerprint density at radius 1 is 0.500 bits per heavy atom. The first-order valence-corrected chi connectivity index (χ1v) is 9.82. The van der Waals surface area contributed by atoms with Gasteiger partial charge in [-0.2, -0.15) is 0 Å². The average molecular weight is 370 g/mol. The molecule has 0 radical (unpaired) electrons. The molecule has 138 valence electrons. The van der Waals surface area contributed by atoms with E-state index < -0.39 is 0 Å². The summed E-state index contributed by atoms with van der Waals surface area (Å²) in [6.07, 6.45) is 4.08. The van der Waals surface area contributed by atoms with E-state index in [1.807, 2.05) is 36.4 Å². The molecule has 28 heavy (non-hydrogen) atoms. The van der Waals surface area contributed by atoms with Crippen molar-refractivity contribution >= 4 is 10.8 Å². The van der Waals surface area contributed by atoms with Gasteiger partial charge in [-0.25, -0.2) is 8.78 Å². The van der Waals surface area contributed by atoms with Gasteiger partial charge in [-0.05, 0) is 65.3 Å². The first-order chi connectivity index (χ1) is 13.8. The highest BCUT2D eigenvalue weighted by atomic mass is 19.1. The third-order valence-corrected chi connectivity index (χ3v) is 5.83.